The van der Waals surface area contributed by atoms with Crippen LogP contribution in [0, 0.1) is 29.0 Å². The minimum Gasteiger partial charge on any atom is -0.359 e. The van der Waals surface area contributed by atoms with Crippen molar-refractivity contribution in [1.82, 2.24) is 10.5 Å². The second kappa shape index (κ2) is 6.47. The van der Waals surface area contributed by atoms with E-state index in [9.17, 15) is 9.18 Å². The molecule has 1 amide bonds. The SMILES string of the molecule is O=C(CC12CC3CC(CC(C3)C1)C2)NCc1cc(-c2ccc(F)cc2)no1. The lowest BCUT2D eigenvalue weighted by molar-refractivity contribution is -0.129. The van der Waals surface area contributed by atoms with Gasteiger partial charge in [0.05, 0.1) is 6.54 Å². The van der Waals surface area contributed by atoms with Crippen molar-refractivity contribution in [3.63, 3.8) is 0 Å². The van der Waals surface area contributed by atoms with Gasteiger partial charge in [-0.2, -0.15) is 0 Å². The topological polar surface area (TPSA) is 55.1 Å². The van der Waals surface area contributed by atoms with Crippen molar-refractivity contribution in [2.45, 2.75) is 51.5 Å². The smallest absolute Gasteiger partial charge is 0.220 e. The van der Waals surface area contributed by atoms with Crippen LogP contribution in [0.15, 0.2) is 34.9 Å². The summed E-state index contributed by atoms with van der Waals surface area (Å²) in [7, 11) is 0. The molecular weight excluding hydrogens is 343 g/mol. The van der Waals surface area contributed by atoms with Gasteiger partial charge in [0.2, 0.25) is 5.91 Å². The number of halogens is 1. The molecule has 4 bridgehead atoms. The third-order valence-corrected chi connectivity index (χ3v) is 6.86. The summed E-state index contributed by atoms with van der Waals surface area (Å²) in [6, 6.07) is 7.94. The Kier molecular flexibility index (Phi) is 4.06. The Morgan fingerprint density at radius 2 is 1.74 bits per heavy atom. The highest BCUT2D eigenvalue weighted by Crippen LogP contribution is 2.61. The maximum Gasteiger partial charge on any atom is 0.220 e. The summed E-state index contributed by atoms with van der Waals surface area (Å²) in [5.41, 5.74) is 1.70. The predicted molar refractivity (Wildman–Crippen MR) is 99.0 cm³/mol. The fourth-order valence-corrected chi connectivity index (χ4v) is 6.25. The second-order valence-electron chi connectivity index (χ2n) is 9.06. The number of carbonyl (C=O) groups is 1. The normalized spacial score (nSPS) is 31.2. The van der Waals surface area contributed by atoms with Crippen LogP contribution in [0.25, 0.3) is 11.3 Å². The summed E-state index contributed by atoms with van der Waals surface area (Å²) in [5.74, 6) is 3.04. The monoisotopic (exact) mass is 368 g/mol. The number of nitrogens with zero attached hydrogens (tertiary/aromatic N) is 1. The molecule has 0 saturated heterocycles. The minimum atomic E-state index is -0.278. The molecule has 4 nitrogen and oxygen atoms in total. The van der Waals surface area contributed by atoms with Gasteiger partial charge in [-0.1, -0.05) is 5.16 Å². The molecule has 0 radical (unpaired) electrons. The lowest BCUT2D eigenvalue weighted by atomic mass is 9.49. The van der Waals surface area contributed by atoms with Gasteiger partial charge in [0.15, 0.2) is 5.76 Å². The Balaban J connectivity index is 1.19. The van der Waals surface area contributed by atoms with Crippen molar-refractivity contribution in [2.24, 2.45) is 23.2 Å². The van der Waals surface area contributed by atoms with Crippen LogP contribution in [0.5, 0.6) is 0 Å². The number of amides is 1. The summed E-state index contributed by atoms with van der Waals surface area (Å²) in [4.78, 5) is 12.6. The van der Waals surface area contributed by atoms with Crippen molar-refractivity contribution in [3.05, 3.63) is 41.9 Å². The van der Waals surface area contributed by atoms with Gasteiger partial charge in [-0.05, 0) is 86.0 Å². The van der Waals surface area contributed by atoms with Gasteiger partial charge in [0, 0.05) is 18.1 Å². The van der Waals surface area contributed by atoms with Crippen LogP contribution in [-0.4, -0.2) is 11.1 Å². The van der Waals surface area contributed by atoms with Crippen LogP contribution in [0.4, 0.5) is 4.39 Å². The maximum atomic E-state index is 13.0. The Bertz CT molecular complexity index is 807. The molecule has 0 spiro atoms. The first-order valence-corrected chi connectivity index (χ1v) is 10.1. The molecule has 142 valence electrons. The first kappa shape index (κ1) is 17.0. The molecule has 4 aliphatic carbocycles. The first-order valence-electron chi connectivity index (χ1n) is 10.1. The predicted octanol–water partition coefficient (Wildman–Crippen LogP) is 4.70. The Hall–Kier alpha value is -2.17. The number of carbonyl (C=O) groups excluding carboxylic acids is 1. The van der Waals surface area contributed by atoms with Crippen molar-refractivity contribution in [2.75, 3.05) is 0 Å². The van der Waals surface area contributed by atoms with Crippen LogP contribution in [0.1, 0.15) is 50.7 Å². The zero-order valence-electron chi connectivity index (χ0n) is 15.4. The Labute approximate surface area is 158 Å². The van der Waals surface area contributed by atoms with E-state index in [4.69, 9.17) is 4.52 Å². The fraction of sp³-hybridized carbons (Fsp3) is 0.545. The number of nitrogens with one attached hydrogen (secondary N) is 1. The fourth-order valence-electron chi connectivity index (χ4n) is 6.25. The average Bonchev–Trinajstić information content (AvgIpc) is 3.08. The molecule has 27 heavy (non-hydrogen) atoms. The quantitative estimate of drug-likeness (QED) is 0.832. The molecule has 6 rings (SSSR count). The highest BCUT2D eigenvalue weighted by atomic mass is 19.1. The third kappa shape index (κ3) is 3.40. The molecule has 1 aromatic heterocycles. The van der Waals surface area contributed by atoms with E-state index in [1.807, 2.05) is 0 Å². The lowest BCUT2D eigenvalue weighted by Crippen LogP contribution is -2.47. The molecule has 4 saturated carbocycles. The van der Waals surface area contributed by atoms with E-state index >= 15 is 0 Å². The summed E-state index contributed by atoms with van der Waals surface area (Å²) in [6.45, 7) is 0.347. The van der Waals surface area contributed by atoms with Crippen molar-refractivity contribution in [1.29, 1.82) is 0 Å². The van der Waals surface area contributed by atoms with E-state index in [1.54, 1.807) is 18.2 Å². The largest absolute Gasteiger partial charge is 0.359 e. The summed E-state index contributed by atoms with van der Waals surface area (Å²) < 4.78 is 18.4. The van der Waals surface area contributed by atoms with Gasteiger partial charge in [0.1, 0.15) is 11.5 Å². The molecule has 0 atom stereocenters. The molecule has 5 heteroatoms. The minimum absolute atomic E-state index is 0.122. The van der Waals surface area contributed by atoms with E-state index in [0.717, 1.165) is 23.3 Å². The molecule has 1 aromatic carbocycles. The van der Waals surface area contributed by atoms with E-state index in [1.165, 1.54) is 50.7 Å². The summed E-state index contributed by atoms with van der Waals surface area (Å²) in [5, 5.41) is 7.04. The van der Waals surface area contributed by atoms with Crippen LogP contribution in [0.3, 0.4) is 0 Å². The maximum absolute atomic E-state index is 13.0. The van der Waals surface area contributed by atoms with Gasteiger partial charge >= 0.3 is 0 Å². The highest BCUT2D eigenvalue weighted by molar-refractivity contribution is 5.76. The molecule has 1 heterocycles. The molecule has 0 aliphatic heterocycles. The van der Waals surface area contributed by atoms with Gasteiger partial charge in [0.25, 0.3) is 0 Å². The van der Waals surface area contributed by atoms with Gasteiger partial charge in [-0.3, -0.25) is 4.79 Å². The van der Waals surface area contributed by atoms with Crippen LogP contribution in [-0.2, 0) is 11.3 Å². The van der Waals surface area contributed by atoms with E-state index in [-0.39, 0.29) is 17.1 Å². The summed E-state index contributed by atoms with van der Waals surface area (Å²) in [6.07, 6.45) is 8.55. The number of hydrogen-bond acceptors (Lipinski definition) is 3. The molecule has 0 unspecified atom stereocenters. The summed E-state index contributed by atoms with van der Waals surface area (Å²) >= 11 is 0. The molecular formula is C22H25FN2O2. The van der Waals surface area contributed by atoms with Crippen LogP contribution in [0.2, 0.25) is 0 Å². The average molecular weight is 368 g/mol. The van der Waals surface area contributed by atoms with Crippen molar-refractivity contribution >= 4 is 5.91 Å². The van der Waals surface area contributed by atoms with Crippen molar-refractivity contribution < 1.29 is 13.7 Å². The molecule has 2 aromatic rings. The molecule has 4 fully saturated rings. The Morgan fingerprint density at radius 1 is 1.11 bits per heavy atom. The number of benzene rings is 1. The van der Waals surface area contributed by atoms with Gasteiger partial charge in [-0.15, -0.1) is 0 Å². The number of hydrogen-bond donors (Lipinski definition) is 1. The molecule has 4 aliphatic rings. The van der Waals surface area contributed by atoms with E-state index in [2.05, 4.69) is 10.5 Å². The lowest BCUT2D eigenvalue weighted by Gasteiger charge is -2.56. The van der Waals surface area contributed by atoms with Crippen LogP contribution < -0.4 is 5.32 Å². The first-order chi connectivity index (χ1) is 13.1. The van der Waals surface area contributed by atoms with Crippen LogP contribution >= 0.6 is 0 Å². The molecule has 1 N–H and O–H groups in total. The van der Waals surface area contributed by atoms with Crippen molar-refractivity contribution in [3.8, 4) is 11.3 Å². The van der Waals surface area contributed by atoms with E-state index in [0.29, 0.717) is 24.4 Å². The second-order valence-corrected chi connectivity index (χ2v) is 9.06. The highest BCUT2D eigenvalue weighted by Gasteiger charge is 2.51. The van der Waals surface area contributed by atoms with E-state index < -0.39 is 0 Å². The van der Waals surface area contributed by atoms with Gasteiger partial charge in [-0.25, -0.2) is 4.39 Å². The number of rotatable bonds is 5. The van der Waals surface area contributed by atoms with Gasteiger partial charge < -0.3 is 9.84 Å². The zero-order valence-corrected chi connectivity index (χ0v) is 15.4. The standard InChI is InChI=1S/C22H25FN2O2/c23-18-3-1-17(2-4-18)20-8-19(27-25-20)13-24-21(26)12-22-9-14-5-15(10-22)7-16(6-14)11-22/h1-4,8,14-16H,5-7,9-13H2,(H,24,26). The third-order valence-electron chi connectivity index (χ3n) is 6.86. The number of aromatic nitrogens is 1. The zero-order chi connectivity index (χ0) is 18.4. The Morgan fingerprint density at radius 3 is 2.37 bits per heavy atom.